The van der Waals surface area contributed by atoms with Gasteiger partial charge in [-0.2, -0.15) is 0 Å². The molecule has 1 heterocycles. The summed E-state index contributed by atoms with van der Waals surface area (Å²) >= 11 is 1.35. The second kappa shape index (κ2) is 7.05. The fourth-order valence-electron chi connectivity index (χ4n) is 2.49. The number of halogens is 1. The van der Waals surface area contributed by atoms with Crippen LogP contribution in [0.4, 0.5) is 10.1 Å². The van der Waals surface area contributed by atoms with Crippen molar-refractivity contribution in [2.75, 3.05) is 17.9 Å². The number of nitrogens with one attached hydrogen (secondary N) is 1. The second-order valence-electron chi connectivity index (χ2n) is 5.62. The molecule has 0 aliphatic carbocycles. The molecular weight excluding hydrogens is 375 g/mol. The molecule has 0 aliphatic rings. The average molecular weight is 392 g/mol. The monoisotopic (exact) mass is 392 g/mol. The van der Waals surface area contributed by atoms with E-state index in [1.165, 1.54) is 30.5 Å². The minimum absolute atomic E-state index is 0.00910. The Morgan fingerprint density at radius 3 is 2.50 bits per heavy atom. The zero-order valence-electron chi connectivity index (χ0n) is 14.2. The van der Waals surface area contributed by atoms with Crippen molar-refractivity contribution in [1.29, 1.82) is 0 Å². The van der Waals surface area contributed by atoms with Gasteiger partial charge in [0.25, 0.3) is 15.9 Å². The number of carbonyl (C=O) groups excluding carboxylic acids is 1. The molecule has 5 nitrogen and oxygen atoms in total. The van der Waals surface area contributed by atoms with Crippen LogP contribution in [0.1, 0.15) is 16.6 Å². The van der Waals surface area contributed by atoms with Crippen LogP contribution in [0.25, 0.3) is 10.1 Å². The van der Waals surface area contributed by atoms with E-state index < -0.39 is 15.8 Å². The van der Waals surface area contributed by atoms with Crippen molar-refractivity contribution >= 4 is 43.0 Å². The minimum atomic E-state index is -3.80. The number of fused-ring (bicyclic) bond motifs is 1. The van der Waals surface area contributed by atoms with Crippen LogP contribution in [0.3, 0.4) is 0 Å². The van der Waals surface area contributed by atoms with Crippen molar-refractivity contribution in [2.45, 2.75) is 11.8 Å². The van der Waals surface area contributed by atoms with Gasteiger partial charge in [0.15, 0.2) is 0 Å². The molecule has 136 valence electrons. The number of carbonyl (C=O) groups is 1. The van der Waals surface area contributed by atoms with E-state index in [9.17, 15) is 17.6 Å². The highest BCUT2D eigenvalue weighted by Gasteiger charge is 2.22. The molecule has 0 bridgehead atoms. The quantitative estimate of drug-likeness (QED) is 0.721. The maximum absolute atomic E-state index is 13.1. The molecule has 0 aliphatic heterocycles. The van der Waals surface area contributed by atoms with Gasteiger partial charge in [0.1, 0.15) is 5.82 Å². The van der Waals surface area contributed by atoms with E-state index in [1.807, 2.05) is 6.92 Å². The Labute approximate surface area is 155 Å². The number of hydrogen-bond acceptors (Lipinski definition) is 4. The Bertz CT molecular complexity index is 1060. The normalized spacial score (nSPS) is 11.5. The van der Waals surface area contributed by atoms with E-state index in [-0.39, 0.29) is 10.8 Å². The maximum Gasteiger partial charge on any atom is 0.264 e. The molecule has 0 atom stereocenters. The number of amides is 1. The van der Waals surface area contributed by atoms with Crippen LogP contribution in [0.15, 0.2) is 53.4 Å². The molecule has 1 aromatic heterocycles. The first-order chi connectivity index (χ1) is 12.3. The Hall–Kier alpha value is -2.45. The van der Waals surface area contributed by atoms with Crippen LogP contribution in [0.2, 0.25) is 0 Å². The first-order valence-corrected chi connectivity index (χ1v) is 10.1. The lowest BCUT2D eigenvalue weighted by molar-refractivity contribution is 0.0960. The number of nitrogens with zero attached hydrogens (tertiary/aromatic N) is 1. The Balaban J connectivity index is 1.96. The molecule has 2 aromatic carbocycles. The van der Waals surface area contributed by atoms with Crippen molar-refractivity contribution in [1.82, 2.24) is 5.32 Å². The molecule has 0 unspecified atom stereocenters. The summed E-state index contributed by atoms with van der Waals surface area (Å²) in [5.41, 5.74) is 0.460. The van der Waals surface area contributed by atoms with Crippen molar-refractivity contribution in [3.63, 3.8) is 0 Å². The molecule has 1 N–H and O–H groups in total. The number of thiophene rings is 1. The average Bonchev–Trinajstić information content (AvgIpc) is 3.05. The summed E-state index contributed by atoms with van der Waals surface area (Å²) in [6, 6.07) is 11.6. The van der Waals surface area contributed by atoms with E-state index in [1.54, 1.807) is 24.3 Å². The maximum atomic E-state index is 13.1. The second-order valence-corrected chi connectivity index (χ2v) is 8.67. The third-order valence-electron chi connectivity index (χ3n) is 3.90. The third-order valence-corrected chi connectivity index (χ3v) is 6.81. The number of anilines is 1. The van der Waals surface area contributed by atoms with Gasteiger partial charge in [-0.3, -0.25) is 9.10 Å². The SMILES string of the molecule is CCNC(=O)c1cc2cc(N(C)S(=O)(=O)c3ccc(F)cc3)ccc2s1. The molecule has 3 rings (SSSR count). The highest BCUT2D eigenvalue weighted by atomic mass is 32.2. The van der Waals surface area contributed by atoms with Crippen molar-refractivity contribution < 1.29 is 17.6 Å². The summed E-state index contributed by atoms with van der Waals surface area (Å²) in [6.07, 6.45) is 0. The van der Waals surface area contributed by atoms with Gasteiger partial charge < -0.3 is 5.32 Å². The summed E-state index contributed by atoms with van der Waals surface area (Å²) in [4.78, 5) is 12.5. The lowest BCUT2D eigenvalue weighted by atomic mass is 10.2. The smallest absolute Gasteiger partial charge is 0.264 e. The molecule has 0 fully saturated rings. The lowest BCUT2D eigenvalue weighted by Crippen LogP contribution is -2.26. The van der Waals surface area contributed by atoms with Gasteiger partial charge in [0.05, 0.1) is 15.5 Å². The molecule has 8 heteroatoms. The van der Waals surface area contributed by atoms with Gasteiger partial charge in [0.2, 0.25) is 0 Å². The van der Waals surface area contributed by atoms with E-state index in [2.05, 4.69) is 5.32 Å². The Morgan fingerprint density at radius 2 is 1.85 bits per heavy atom. The highest BCUT2D eigenvalue weighted by molar-refractivity contribution is 7.92. The first-order valence-electron chi connectivity index (χ1n) is 7.89. The summed E-state index contributed by atoms with van der Waals surface area (Å²) in [5.74, 6) is -0.647. The number of sulfonamides is 1. The fraction of sp³-hybridized carbons (Fsp3) is 0.167. The van der Waals surface area contributed by atoms with Crippen LogP contribution in [0, 0.1) is 5.82 Å². The fourth-order valence-corrected chi connectivity index (χ4v) is 4.64. The Morgan fingerprint density at radius 1 is 1.15 bits per heavy atom. The third kappa shape index (κ3) is 3.42. The predicted octanol–water partition coefficient (Wildman–Crippen LogP) is 3.62. The molecule has 0 saturated carbocycles. The van der Waals surface area contributed by atoms with Gasteiger partial charge in [0, 0.05) is 18.3 Å². The molecule has 0 spiro atoms. The van der Waals surface area contributed by atoms with E-state index in [0.29, 0.717) is 17.1 Å². The molecule has 3 aromatic rings. The summed E-state index contributed by atoms with van der Waals surface area (Å²) < 4.78 is 40.5. The van der Waals surface area contributed by atoms with Crippen LogP contribution in [-0.4, -0.2) is 27.9 Å². The summed E-state index contributed by atoms with van der Waals surface area (Å²) in [7, 11) is -2.36. The topological polar surface area (TPSA) is 66.5 Å². The lowest BCUT2D eigenvalue weighted by Gasteiger charge is -2.19. The number of hydrogen-bond donors (Lipinski definition) is 1. The number of benzene rings is 2. The van der Waals surface area contributed by atoms with E-state index >= 15 is 0 Å². The van der Waals surface area contributed by atoms with Crippen LogP contribution >= 0.6 is 11.3 Å². The standard InChI is InChI=1S/C18H17FN2O3S2/c1-3-20-18(22)17-11-12-10-14(6-9-16(12)25-17)21(2)26(23,24)15-7-4-13(19)5-8-15/h4-11H,3H2,1-2H3,(H,20,22). The van der Waals surface area contributed by atoms with Crippen LogP contribution < -0.4 is 9.62 Å². The van der Waals surface area contributed by atoms with Gasteiger partial charge in [-0.25, -0.2) is 12.8 Å². The van der Waals surface area contributed by atoms with Gasteiger partial charge in [-0.05, 0) is 60.8 Å². The molecule has 0 radical (unpaired) electrons. The van der Waals surface area contributed by atoms with Crippen molar-refractivity contribution in [3.8, 4) is 0 Å². The zero-order valence-corrected chi connectivity index (χ0v) is 15.8. The van der Waals surface area contributed by atoms with E-state index in [4.69, 9.17) is 0 Å². The van der Waals surface area contributed by atoms with Crippen LogP contribution in [0.5, 0.6) is 0 Å². The van der Waals surface area contributed by atoms with Crippen LogP contribution in [-0.2, 0) is 10.0 Å². The largest absolute Gasteiger partial charge is 0.352 e. The predicted molar refractivity (Wildman–Crippen MR) is 102 cm³/mol. The Kier molecular flexibility index (Phi) is 4.97. The van der Waals surface area contributed by atoms with Crippen molar-refractivity contribution in [3.05, 3.63) is 59.2 Å². The highest BCUT2D eigenvalue weighted by Crippen LogP contribution is 2.31. The molecule has 26 heavy (non-hydrogen) atoms. The summed E-state index contributed by atoms with van der Waals surface area (Å²) in [5, 5.41) is 3.53. The zero-order chi connectivity index (χ0) is 18.9. The molecular formula is C18H17FN2O3S2. The van der Waals surface area contributed by atoms with Gasteiger partial charge >= 0.3 is 0 Å². The summed E-state index contributed by atoms with van der Waals surface area (Å²) in [6.45, 7) is 2.38. The first kappa shape index (κ1) is 18.3. The molecule has 1 amide bonds. The van der Waals surface area contributed by atoms with Crippen molar-refractivity contribution in [2.24, 2.45) is 0 Å². The number of rotatable bonds is 5. The van der Waals surface area contributed by atoms with Gasteiger partial charge in [-0.1, -0.05) is 0 Å². The van der Waals surface area contributed by atoms with Gasteiger partial charge in [-0.15, -0.1) is 11.3 Å². The van der Waals surface area contributed by atoms with E-state index in [0.717, 1.165) is 26.5 Å². The molecule has 0 saturated heterocycles. The minimum Gasteiger partial charge on any atom is -0.352 e.